The average Bonchev–Trinajstić information content (AvgIpc) is 3.27. The van der Waals surface area contributed by atoms with Crippen LogP contribution in [0.15, 0.2) is 70.5 Å². The molecule has 6 nitrogen and oxygen atoms in total. The molecule has 0 aromatic heterocycles. The van der Waals surface area contributed by atoms with Gasteiger partial charge in [-0.25, -0.2) is 16.8 Å². The van der Waals surface area contributed by atoms with E-state index in [0.717, 1.165) is 84.0 Å². The van der Waals surface area contributed by atoms with Gasteiger partial charge in [-0.15, -0.1) is 0 Å². The number of unbranched alkanes of at least 4 members (excludes halogenated alkanes) is 24. The molecule has 362 valence electrons. The van der Waals surface area contributed by atoms with Crippen molar-refractivity contribution in [3.8, 4) is 0 Å². The van der Waals surface area contributed by atoms with Crippen molar-refractivity contribution in [3.05, 3.63) is 82.9 Å². The number of rotatable bonds is 34. The Bertz CT molecular complexity index is 1960. The maximum atomic E-state index is 12.0. The molecule has 0 bridgehead atoms. The molecule has 0 aliphatic rings. The third-order valence-electron chi connectivity index (χ3n) is 13.1. The third-order valence-corrected chi connectivity index (χ3v) is 15.0. The SMILES string of the molecule is CCCCCCCCCc1cccc2c(CCCCCCCCC)c(S(=O)(=O)[O-])ccc12.CCCCCCCCCc1cccc2c(CCCCCCCCC)c(S(=O)(=O)[O-])ccc12.[Pb+2]. The maximum Gasteiger partial charge on any atom is 2.00 e. The number of benzene rings is 4. The largest absolute Gasteiger partial charge is 2.00 e. The van der Waals surface area contributed by atoms with Crippen molar-refractivity contribution in [2.45, 2.75) is 243 Å². The second-order valence-electron chi connectivity index (χ2n) is 18.5. The number of fused-ring (bicyclic) bond motifs is 2. The Labute approximate surface area is 418 Å². The summed E-state index contributed by atoms with van der Waals surface area (Å²) < 4.78 is 71.7. The molecule has 0 aliphatic heterocycles. The van der Waals surface area contributed by atoms with Crippen LogP contribution in [-0.4, -0.2) is 53.2 Å². The molecule has 0 unspecified atom stereocenters. The molecule has 4 aromatic carbocycles. The molecule has 0 fully saturated rings. The van der Waals surface area contributed by atoms with E-state index in [1.54, 1.807) is 12.1 Å². The van der Waals surface area contributed by atoms with Crippen LogP contribution < -0.4 is 0 Å². The van der Waals surface area contributed by atoms with Crippen LogP contribution in [0.25, 0.3) is 21.5 Å². The Hall–Kier alpha value is -1.86. The summed E-state index contributed by atoms with van der Waals surface area (Å²) in [5.41, 5.74) is 4.00. The van der Waals surface area contributed by atoms with Gasteiger partial charge >= 0.3 is 27.3 Å². The van der Waals surface area contributed by atoms with Crippen LogP contribution >= 0.6 is 0 Å². The second kappa shape index (κ2) is 34.4. The van der Waals surface area contributed by atoms with Gasteiger partial charge in [0.25, 0.3) is 0 Å². The molecule has 0 heterocycles. The van der Waals surface area contributed by atoms with Gasteiger partial charge in [-0.1, -0.05) is 230 Å². The summed E-state index contributed by atoms with van der Waals surface area (Å²) in [6, 6.07) is 19.2. The predicted octanol–water partition coefficient (Wildman–Crippen LogP) is 16.3. The molecule has 0 atom stereocenters. The van der Waals surface area contributed by atoms with Gasteiger partial charge in [0.15, 0.2) is 0 Å². The van der Waals surface area contributed by atoms with E-state index in [0.29, 0.717) is 12.8 Å². The Kier molecular flexibility index (Phi) is 31.4. The second-order valence-corrected chi connectivity index (χ2v) is 21.2. The topological polar surface area (TPSA) is 114 Å². The van der Waals surface area contributed by atoms with E-state index in [1.807, 2.05) is 36.4 Å². The number of aryl methyl sites for hydroxylation is 4. The smallest absolute Gasteiger partial charge is 0.744 e. The quantitative estimate of drug-likeness (QED) is 0.0261. The summed E-state index contributed by atoms with van der Waals surface area (Å²) in [6.07, 6.45) is 37.6. The van der Waals surface area contributed by atoms with Crippen LogP contribution in [0.5, 0.6) is 0 Å². The van der Waals surface area contributed by atoms with Crippen LogP contribution in [-0.2, 0) is 45.9 Å². The minimum Gasteiger partial charge on any atom is -0.744 e. The first kappa shape index (κ1) is 59.3. The van der Waals surface area contributed by atoms with Crippen LogP contribution in [0.1, 0.15) is 230 Å². The zero-order chi connectivity index (χ0) is 46.5. The average molecular weight is 1130 g/mol. The van der Waals surface area contributed by atoms with Gasteiger partial charge in [0.2, 0.25) is 0 Å². The third kappa shape index (κ3) is 22.4. The molecular formula is C56H86O6PbS2. The van der Waals surface area contributed by atoms with Crippen LogP contribution in [0.4, 0.5) is 0 Å². The molecule has 0 aliphatic carbocycles. The summed E-state index contributed by atoms with van der Waals surface area (Å²) in [5.74, 6) is 0. The van der Waals surface area contributed by atoms with Crippen molar-refractivity contribution in [1.82, 2.24) is 0 Å². The molecule has 0 amide bonds. The van der Waals surface area contributed by atoms with Crippen molar-refractivity contribution >= 4 is 69.1 Å². The van der Waals surface area contributed by atoms with Gasteiger partial charge in [0.05, 0.1) is 9.79 Å². The first-order valence-electron chi connectivity index (χ1n) is 26.0. The predicted molar refractivity (Wildman–Crippen MR) is 276 cm³/mol. The first-order valence-corrected chi connectivity index (χ1v) is 28.8. The van der Waals surface area contributed by atoms with E-state index in [9.17, 15) is 25.9 Å². The molecule has 65 heavy (non-hydrogen) atoms. The molecule has 9 heteroatoms. The molecule has 0 spiro atoms. The summed E-state index contributed by atoms with van der Waals surface area (Å²) in [7, 11) is -8.95. The first-order chi connectivity index (χ1) is 31.0. The van der Waals surface area contributed by atoms with E-state index in [4.69, 9.17) is 0 Å². The van der Waals surface area contributed by atoms with Gasteiger partial charge < -0.3 is 9.11 Å². The van der Waals surface area contributed by atoms with E-state index in [-0.39, 0.29) is 37.1 Å². The zero-order valence-corrected chi connectivity index (χ0v) is 46.7. The minimum atomic E-state index is -4.47. The molecule has 0 saturated heterocycles. The van der Waals surface area contributed by atoms with Crippen LogP contribution in [0.2, 0.25) is 0 Å². The van der Waals surface area contributed by atoms with Gasteiger partial charge in [-0.05, 0) is 107 Å². The van der Waals surface area contributed by atoms with E-state index < -0.39 is 20.2 Å². The Balaban J connectivity index is 0.000000440. The minimum absolute atomic E-state index is 0. The molecule has 2 radical (unpaired) electrons. The van der Waals surface area contributed by atoms with E-state index >= 15 is 0 Å². The fourth-order valence-electron chi connectivity index (χ4n) is 9.41. The van der Waals surface area contributed by atoms with Crippen molar-refractivity contribution in [2.75, 3.05) is 0 Å². The monoisotopic (exact) mass is 1130 g/mol. The molecule has 4 rings (SSSR count). The van der Waals surface area contributed by atoms with Crippen LogP contribution in [0.3, 0.4) is 0 Å². The maximum absolute atomic E-state index is 12.0. The van der Waals surface area contributed by atoms with Gasteiger partial charge in [-0.2, -0.15) is 0 Å². The van der Waals surface area contributed by atoms with Gasteiger partial charge in [-0.3, -0.25) is 0 Å². The summed E-state index contributed by atoms with van der Waals surface area (Å²) in [4.78, 5) is -0.0480. The van der Waals surface area contributed by atoms with Gasteiger partial charge in [0.1, 0.15) is 20.2 Å². The van der Waals surface area contributed by atoms with E-state index in [1.165, 1.54) is 152 Å². The Morgan fingerprint density at radius 3 is 0.862 bits per heavy atom. The molecule has 0 saturated carbocycles. The standard InChI is InChI=1S/2C28H44O3S.Pb/c2*1-3-5-7-9-11-13-15-18-24-19-17-21-26-25(24)22-23-28(32(29,30)31)27(26)20-16-14-12-10-8-6-4-2;/h2*17,19,21-23H,3-16,18,20H2,1-2H3,(H,29,30,31);/q;;+2/p-2. The Morgan fingerprint density at radius 2 is 0.585 bits per heavy atom. The normalized spacial score (nSPS) is 11.8. The zero-order valence-electron chi connectivity index (χ0n) is 41.2. The van der Waals surface area contributed by atoms with Crippen molar-refractivity contribution in [2.24, 2.45) is 0 Å². The van der Waals surface area contributed by atoms with Crippen molar-refractivity contribution in [3.63, 3.8) is 0 Å². The van der Waals surface area contributed by atoms with Crippen LogP contribution in [0, 0.1) is 0 Å². The fraction of sp³-hybridized carbons (Fsp3) is 0.643. The van der Waals surface area contributed by atoms with E-state index in [2.05, 4.69) is 39.8 Å². The molecular weight excluding hydrogens is 1040 g/mol. The van der Waals surface area contributed by atoms with Gasteiger partial charge in [0, 0.05) is 0 Å². The number of hydrogen-bond acceptors (Lipinski definition) is 6. The molecule has 0 N–H and O–H groups in total. The number of hydrogen-bond donors (Lipinski definition) is 0. The fourth-order valence-corrected chi connectivity index (χ4v) is 10.9. The van der Waals surface area contributed by atoms with Crippen molar-refractivity contribution in [1.29, 1.82) is 0 Å². The molecule has 4 aromatic rings. The summed E-state index contributed by atoms with van der Waals surface area (Å²) in [5, 5.41) is 4.13. The Morgan fingerprint density at radius 1 is 0.323 bits per heavy atom. The van der Waals surface area contributed by atoms with Crippen molar-refractivity contribution < 1.29 is 25.9 Å². The summed E-state index contributed by atoms with van der Waals surface area (Å²) in [6.45, 7) is 8.91. The summed E-state index contributed by atoms with van der Waals surface area (Å²) >= 11 is 0.